The van der Waals surface area contributed by atoms with Crippen LogP contribution in [0.1, 0.15) is 44.9 Å². The summed E-state index contributed by atoms with van der Waals surface area (Å²) in [4.78, 5) is 11.6. The Morgan fingerprint density at radius 2 is 2.17 bits per heavy atom. The third kappa shape index (κ3) is 0.725. The quantitative estimate of drug-likeness (QED) is 0.537. The van der Waals surface area contributed by atoms with Gasteiger partial charge in [-0.25, -0.2) is 0 Å². The smallest absolute Gasteiger partial charge is 0.136 e. The van der Waals surface area contributed by atoms with Crippen molar-refractivity contribution >= 4 is 5.78 Å². The zero-order valence-corrected chi connectivity index (χ0v) is 7.51. The van der Waals surface area contributed by atoms with Crippen molar-refractivity contribution in [2.45, 2.75) is 44.9 Å². The largest absolute Gasteiger partial charge is 0.299 e. The van der Waals surface area contributed by atoms with Crippen LogP contribution in [0.3, 0.4) is 0 Å². The Labute approximate surface area is 73.5 Å². The Hall–Kier alpha value is -0.330. The molecule has 3 rings (SSSR count). The molecule has 66 valence electrons. The predicted octanol–water partition coefficient (Wildman–Crippen LogP) is 2.55. The first-order valence-electron chi connectivity index (χ1n) is 5.33. The third-order valence-electron chi connectivity index (χ3n) is 4.59. The fourth-order valence-electron chi connectivity index (χ4n) is 4.00. The van der Waals surface area contributed by atoms with Gasteiger partial charge in [-0.1, -0.05) is 6.42 Å². The maximum absolute atomic E-state index is 11.6. The van der Waals surface area contributed by atoms with Crippen LogP contribution >= 0.6 is 0 Å². The van der Waals surface area contributed by atoms with Crippen molar-refractivity contribution in [3.63, 3.8) is 0 Å². The van der Waals surface area contributed by atoms with Gasteiger partial charge in [-0.15, -0.1) is 0 Å². The number of hydrogen-bond acceptors (Lipinski definition) is 1. The predicted molar refractivity (Wildman–Crippen MR) is 46.7 cm³/mol. The van der Waals surface area contributed by atoms with Gasteiger partial charge in [0.15, 0.2) is 0 Å². The van der Waals surface area contributed by atoms with E-state index in [0.717, 1.165) is 12.3 Å². The average molecular weight is 164 g/mol. The highest BCUT2D eigenvalue weighted by Crippen LogP contribution is 2.60. The van der Waals surface area contributed by atoms with E-state index in [1.54, 1.807) is 0 Å². The lowest BCUT2D eigenvalue weighted by molar-refractivity contribution is -0.120. The molecule has 0 amide bonds. The molecule has 0 N–H and O–H groups in total. The highest BCUT2D eigenvalue weighted by Gasteiger charge is 2.53. The minimum Gasteiger partial charge on any atom is -0.299 e. The van der Waals surface area contributed by atoms with E-state index in [0.29, 0.717) is 17.1 Å². The molecule has 2 bridgehead atoms. The van der Waals surface area contributed by atoms with Crippen LogP contribution in [0, 0.1) is 17.3 Å². The van der Waals surface area contributed by atoms with E-state index in [1.807, 2.05) is 0 Å². The maximum atomic E-state index is 11.6. The van der Waals surface area contributed by atoms with E-state index >= 15 is 0 Å². The van der Waals surface area contributed by atoms with Gasteiger partial charge in [0, 0.05) is 12.3 Å². The van der Waals surface area contributed by atoms with E-state index in [9.17, 15) is 4.79 Å². The van der Waals surface area contributed by atoms with E-state index in [-0.39, 0.29) is 0 Å². The summed E-state index contributed by atoms with van der Waals surface area (Å²) in [5.74, 6) is 2.01. The molecular weight excluding hydrogens is 148 g/mol. The van der Waals surface area contributed by atoms with Gasteiger partial charge in [0.05, 0.1) is 0 Å². The van der Waals surface area contributed by atoms with Gasteiger partial charge >= 0.3 is 0 Å². The molecule has 0 radical (unpaired) electrons. The fraction of sp³-hybridized carbons (Fsp3) is 0.909. The molecule has 3 unspecified atom stereocenters. The summed E-state index contributed by atoms with van der Waals surface area (Å²) in [6.07, 6.45) is 8.95. The second-order valence-corrected chi connectivity index (χ2v) is 5.07. The van der Waals surface area contributed by atoms with Crippen molar-refractivity contribution in [1.82, 2.24) is 0 Å². The summed E-state index contributed by atoms with van der Waals surface area (Å²) < 4.78 is 0. The number of fused-ring (bicyclic) bond motifs is 1. The Morgan fingerprint density at radius 1 is 1.25 bits per heavy atom. The minimum absolute atomic E-state index is 0.486. The van der Waals surface area contributed by atoms with E-state index in [1.165, 1.54) is 38.5 Å². The summed E-state index contributed by atoms with van der Waals surface area (Å²) in [5, 5.41) is 0. The molecule has 0 saturated heterocycles. The van der Waals surface area contributed by atoms with Crippen molar-refractivity contribution in [3.8, 4) is 0 Å². The first-order valence-corrected chi connectivity index (χ1v) is 5.33. The molecule has 12 heavy (non-hydrogen) atoms. The summed E-state index contributed by atoms with van der Waals surface area (Å²) in [7, 11) is 0. The molecule has 0 aromatic heterocycles. The maximum Gasteiger partial charge on any atom is 0.136 e. The van der Waals surface area contributed by atoms with Crippen LogP contribution < -0.4 is 0 Å². The molecule has 1 nitrogen and oxygen atoms in total. The Balaban J connectivity index is 1.98. The minimum atomic E-state index is 0.486. The monoisotopic (exact) mass is 164 g/mol. The molecular formula is C11H16O. The molecule has 0 aromatic rings. The topological polar surface area (TPSA) is 17.1 Å². The summed E-state index contributed by atoms with van der Waals surface area (Å²) >= 11 is 0. The summed E-state index contributed by atoms with van der Waals surface area (Å²) in [6, 6.07) is 0. The van der Waals surface area contributed by atoms with E-state index in [2.05, 4.69) is 0 Å². The van der Waals surface area contributed by atoms with Gasteiger partial charge in [0.25, 0.3) is 0 Å². The number of carbonyl (C=O) groups is 1. The van der Waals surface area contributed by atoms with E-state index < -0.39 is 0 Å². The second-order valence-electron chi connectivity index (χ2n) is 5.07. The molecule has 3 fully saturated rings. The van der Waals surface area contributed by atoms with Crippen molar-refractivity contribution in [2.75, 3.05) is 0 Å². The Kier molecular flexibility index (Phi) is 1.26. The van der Waals surface area contributed by atoms with Crippen molar-refractivity contribution in [3.05, 3.63) is 0 Å². The van der Waals surface area contributed by atoms with Gasteiger partial charge in [0.2, 0.25) is 0 Å². The molecule has 3 atom stereocenters. The molecule has 0 aromatic carbocycles. The lowest BCUT2D eigenvalue weighted by Crippen LogP contribution is -2.25. The first kappa shape index (κ1) is 7.11. The number of hydrogen-bond donors (Lipinski definition) is 0. The van der Waals surface area contributed by atoms with Crippen LogP contribution in [0.25, 0.3) is 0 Å². The van der Waals surface area contributed by atoms with Crippen molar-refractivity contribution < 1.29 is 4.79 Å². The van der Waals surface area contributed by atoms with Crippen molar-refractivity contribution in [2.24, 2.45) is 17.3 Å². The van der Waals surface area contributed by atoms with Gasteiger partial charge in [-0.3, -0.25) is 4.79 Å². The van der Waals surface area contributed by atoms with Crippen LogP contribution in [0.15, 0.2) is 0 Å². The molecule has 0 heterocycles. The Bertz CT molecular complexity index is 233. The molecule has 3 aliphatic rings. The zero-order valence-electron chi connectivity index (χ0n) is 7.51. The van der Waals surface area contributed by atoms with Crippen LogP contribution in [-0.4, -0.2) is 5.78 Å². The van der Waals surface area contributed by atoms with Gasteiger partial charge in [0.1, 0.15) is 5.78 Å². The molecule has 1 spiro atoms. The van der Waals surface area contributed by atoms with Crippen LogP contribution in [0.4, 0.5) is 0 Å². The normalized spacial score (nSPS) is 51.2. The SMILES string of the molecule is O=C1CC23CCCC2CCC1C3. The molecule has 3 saturated carbocycles. The molecule has 1 heteroatoms. The number of carbonyl (C=O) groups excluding carboxylic acids is 1. The first-order chi connectivity index (χ1) is 5.80. The van der Waals surface area contributed by atoms with Crippen LogP contribution in [0.2, 0.25) is 0 Å². The lowest BCUT2D eigenvalue weighted by atomic mass is 9.70. The molecule has 0 aliphatic heterocycles. The zero-order chi connectivity index (χ0) is 8.18. The van der Waals surface area contributed by atoms with Crippen LogP contribution in [-0.2, 0) is 4.79 Å². The average Bonchev–Trinajstić information content (AvgIpc) is 2.55. The Morgan fingerprint density at radius 3 is 3.08 bits per heavy atom. The number of ketones is 1. The number of Topliss-reactive ketones (excluding diaryl/α,β-unsaturated/α-hetero) is 1. The standard InChI is InChI=1S/C11H16O/c12-10-7-11-5-1-2-9(11)4-3-8(10)6-11/h8-9H,1-7H2. The highest BCUT2D eigenvalue weighted by molar-refractivity contribution is 5.84. The van der Waals surface area contributed by atoms with E-state index in [4.69, 9.17) is 0 Å². The second kappa shape index (κ2) is 2.12. The van der Waals surface area contributed by atoms with Gasteiger partial charge in [-0.05, 0) is 43.4 Å². The highest BCUT2D eigenvalue weighted by atomic mass is 16.1. The van der Waals surface area contributed by atoms with Gasteiger partial charge < -0.3 is 0 Å². The van der Waals surface area contributed by atoms with Crippen molar-refractivity contribution in [1.29, 1.82) is 0 Å². The summed E-state index contributed by atoms with van der Waals surface area (Å²) in [6.45, 7) is 0. The van der Waals surface area contributed by atoms with Crippen LogP contribution in [0.5, 0.6) is 0 Å². The summed E-state index contributed by atoms with van der Waals surface area (Å²) in [5.41, 5.74) is 0.528. The third-order valence-corrected chi connectivity index (χ3v) is 4.59. The van der Waals surface area contributed by atoms with Gasteiger partial charge in [-0.2, -0.15) is 0 Å². The molecule has 3 aliphatic carbocycles. The lowest BCUT2D eigenvalue weighted by Gasteiger charge is -2.34. The number of rotatable bonds is 0. The fourth-order valence-corrected chi connectivity index (χ4v) is 4.00.